The number of rotatable bonds is 5. The van der Waals surface area contributed by atoms with Crippen LogP contribution in [0.1, 0.15) is 24.4 Å². The molecule has 5 nitrogen and oxygen atoms in total. The second kappa shape index (κ2) is 6.92. The predicted molar refractivity (Wildman–Crippen MR) is 78.2 cm³/mol. The molecule has 5 heteroatoms. The Morgan fingerprint density at radius 1 is 1.50 bits per heavy atom. The molecule has 112 valence electrons. The quantitative estimate of drug-likeness (QED) is 0.847. The summed E-state index contributed by atoms with van der Waals surface area (Å²) in [7, 11) is 3.70. The van der Waals surface area contributed by atoms with Gasteiger partial charge in [0, 0.05) is 12.1 Å². The standard InChI is InChI=1S/C15H24N2O3/c1-17-8-4-5-11(9-17)20-14-7-3-6-12(13(16)10-18)15(14)19-2/h3,6-7,11,13,18H,4-5,8-10,16H2,1-2H3. The molecule has 1 aliphatic rings. The van der Waals surface area contributed by atoms with Crippen LogP contribution in [0.5, 0.6) is 11.5 Å². The van der Waals surface area contributed by atoms with Gasteiger partial charge in [-0.1, -0.05) is 12.1 Å². The zero-order chi connectivity index (χ0) is 14.5. The largest absolute Gasteiger partial charge is 0.493 e. The lowest BCUT2D eigenvalue weighted by Gasteiger charge is -2.30. The smallest absolute Gasteiger partial charge is 0.165 e. The van der Waals surface area contributed by atoms with Crippen molar-refractivity contribution in [1.82, 2.24) is 4.90 Å². The molecule has 2 unspecified atom stereocenters. The van der Waals surface area contributed by atoms with Gasteiger partial charge in [-0.2, -0.15) is 0 Å². The second-order valence-electron chi connectivity index (χ2n) is 5.31. The van der Waals surface area contributed by atoms with Crippen LogP contribution in [0, 0.1) is 0 Å². The molecule has 0 amide bonds. The van der Waals surface area contributed by atoms with E-state index in [1.165, 1.54) is 0 Å². The van der Waals surface area contributed by atoms with Gasteiger partial charge >= 0.3 is 0 Å². The zero-order valence-electron chi connectivity index (χ0n) is 12.2. The highest BCUT2D eigenvalue weighted by Crippen LogP contribution is 2.35. The van der Waals surface area contributed by atoms with E-state index in [0.29, 0.717) is 11.5 Å². The van der Waals surface area contributed by atoms with Gasteiger partial charge in [0.2, 0.25) is 0 Å². The number of hydrogen-bond acceptors (Lipinski definition) is 5. The van der Waals surface area contributed by atoms with Crippen LogP contribution in [0.4, 0.5) is 0 Å². The lowest BCUT2D eigenvalue weighted by molar-refractivity contribution is 0.101. The number of ether oxygens (including phenoxy) is 2. The third-order valence-electron chi connectivity index (χ3n) is 3.68. The Bertz CT molecular complexity index is 439. The number of hydrogen-bond donors (Lipinski definition) is 2. The fourth-order valence-corrected chi connectivity index (χ4v) is 2.63. The van der Waals surface area contributed by atoms with Gasteiger partial charge in [0.15, 0.2) is 11.5 Å². The van der Waals surface area contributed by atoms with Gasteiger partial charge in [-0.15, -0.1) is 0 Å². The molecule has 0 spiro atoms. The molecule has 1 aliphatic heterocycles. The van der Waals surface area contributed by atoms with E-state index >= 15 is 0 Å². The Morgan fingerprint density at radius 2 is 2.30 bits per heavy atom. The van der Waals surface area contributed by atoms with Crippen LogP contribution < -0.4 is 15.2 Å². The molecule has 2 atom stereocenters. The lowest BCUT2D eigenvalue weighted by atomic mass is 10.1. The third kappa shape index (κ3) is 3.42. The SMILES string of the molecule is COc1c(OC2CCCN(C)C2)cccc1C(N)CO. The fraction of sp³-hybridized carbons (Fsp3) is 0.600. The number of methoxy groups -OCH3 is 1. The van der Waals surface area contributed by atoms with Crippen LogP contribution in [0.25, 0.3) is 0 Å². The van der Waals surface area contributed by atoms with Crippen molar-refractivity contribution in [3.8, 4) is 11.5 Å². The molecule has 1 aromatic rings. The number of aliphatic hydroxyl groups excluding tert-OH is 1. The van der Waals surface area contributed by atoms with E-state index in [4.69, 9.17) is 15.2 Å². The van der Waals surface area contributed by atoms with Crippen LogP contribution in [-0.4, -0.2) is 50.0 Å². The Labute approximate surface area is 120 Å². The van der Waals surface area contributed by atoms with E-state index < -0.39 is 6.04 Å². The lowest BCUT2D eigenvalue weighted by Crippen LogP contribution is -2.38. The first kappa shape index (κ1) is 15.1. The molecule has 0 bridgehead atoms. The highest BCUT2D eigenvalue weighted by molar-refractivity contribution is 5.48. The van der Waals surface area contributed by atoms with Crippen molar-refractivity contribution in [1.29, 1.82) is 0 Å². The maximum Gasteiger partial charge on any atom is 0.165 e. The van der Waals surface area contributed by atoms with Crippen molar-refractivity contribution in [3.05, 3.63) is 23.8 Å². The highest BCUT2D eigenvalue weighted by Gasteiger charge is 2.22. The number of nitrogens with two attached hydrogens (primary N) is 1. The number of para-hydroxylation sites is 1. The van der Waals surface area contributed by atoms with Gasteiger partial charge in [0.1, 0.15) is 6.10 Å². The number of likely N-dealkylation sites (tertiary alicyclic amines) is 1. The van der Waals surface area contributed by atoms with Crippen molar-refractivity contribution in [2.45, 2.75) is 25.0 Å². The number of likely N-dealkylation sites (N-methyl/N-ethyl adjacent to an activating group) is 1. The van der Waals surface area contributed by atoms with E-state index in [9.17, 15) is 5.11 Å². The summed E-state index contributed by atoms with van der Waals surface area (Å²) < 4.78 is 11.5. The summed E-state index contributed by atoms with van der Waals surface area (Å²) in [6.07, 6.45) is 2.35. The minimum Gasteiger partial charge on any atom is -0.493 e. The number of piperidine rings is 1. The van der Waals surface area contributed by atoms with E-state index in [1.54, 1.807) is 7.11 Å². The molecule has 1 heterocycles. The molecular formula is C15H24N2O3. The third-order valence-corrected chi connectivity index (χ3v) is 3.68. The van der Waals surface area contributed by atoms with E-state index in [1.807, 2.05) is 18.2 Å². The molecule has 20 heavy (non-hydrogen) atoms. The first-order chi connectivity index (χ1) is 9.65. The summed E-state index contributed by atoms with van der Waals surface area (Å²) in [5, 5.41) is 9.23. The van der Waals surface area contributed by atoms with Gasteiger partial charge < -0.3 is 25.2 Å². The van der Waals surface area contributed by atoms with Crippen LogP contribution >= 0.6 is 0 Å². The summed E-state index contributed by atoms with van der Waals surface area (Å²) in [6, 6.07) is 5.18. The van der Waals surface area contributed by atoms with Crippen LogP contribution in [0.15, 0.2) is 18.2 Å². The Balaban J connectivity index is 2.18. The summed E-state index contributed by atoms with van der Waals surface area (Å²) in [5.74, 6) is 1.33. The van der Waals surface area contributed by atoms with E-state index in [0.717, 1.165) is 31.5 Å². The molecule has 0 saturated carbocycles. The molecule has 1 aromatic carbocycles. The average Bonchev–Trinajstić information content (AvgIpc) is 2.46. The highest BCUT2D eigenvalue weighted by atomic mass is 16.5. The van der Waals surface area contributed by atoms with Crippen molar-refractivity contribution in [3.63, 3.8) is 0 Å². The minimum atomic E-state index is -0.456. The maximum absolute atomic E-state index is 9.23. The second-order valence-corrected chi connectivity index (χ2v) is 5.31. The van der Waals surface area contributed by atoms with Crippen LogP contribution in [0.3, 0.4) is 0 Å². The van der Waals surface area contributed by atoms with Crippen molar-refractivity contribution in [2.24, 2.45) is 5.73 Å². The predicted octanol–water partition coefficient (Wildman–Crippen LogP) is 1.16. The number of benzene rings is 1. The molecule has 3 N–H and O–H groups in total. The van der Waals surface area contributed by atoms with E-state index in [-0.39, 0.29) is 12.7 Å². The van der Waals surface area contributed by atoms with Crippen LogP contribution in [0.2, 0.25) is 0 Å². The summed E-state index contributed by atoms with van der Waals surface area (Å²) in [4.78, 5) is 2.27. The monoisotopic (exact) mass is 280 g/mol. The summed E-state index contributed by atoms with van der Waals surface area (Å²) in [5.41, 5.74) is 6.68. The number of aliphatic hydroxyl groups is 1. The van der Waals surface area contributed by atoms with Crippen molar-refractivity contribution < 1.29 is 14.6 Å². The van der Waals surface area contributed by atoms with Crippen molar-refractivity contribution in [2.75, 3.05) is 33.9 Å². The molecule has 0 aliphatic carbocycles. The van der Waals surface area contributed by atoms with Gasteiger partial charge in [0.05, 0.1) is 19.8 Å². The first-order valence-electron chi connectivity index (χ1n) is 7.04. The fourth-order valence-electron chi connectivity index (χ4n) is 2.63. The van der Waals surface area contributed by atoms with Crippen LogP contribution in [-0.2, 0) is 0 Å². The van der Waals surface area contributed by atoms with Gasteiger partial charge in [0.25, 0.3) is 0 Å². The topological polar surface area (TPSA) is 68.0 Å². The molecule has 2 rings (SSSR count). The normalized spacial score (nSPS) is 21.5. The minimum absolute atomic E-state index is 0.119. The Kier molecular flexibility index (Phi) is 5.23. The molecule has 0 aromatic heterocycles. The molecule has 1 saturated heterocycles. The molecular weight excluding hydrogens is 256 g/mol. The summed E-state index contributed by atoms with van der Waals surface area (Å²) >= 11 is 0. The molecule has 1 fully saturated rings. The zero-order valence-corrected chi connectivity index (χ0v) is 12.2. The van der Waals surface area contributed by atoms with Gasteiger partial charge in [-0.3, -0.25) is 0 Å². The van der Waals surface area contributed by atoms with Gasteiger partial charge in [-0.25, -0.2) is 0 Å². The maximum atomic E-state index is 9.23. The molecule has 0 radical (unpaired) electrons. The van der Waals surface area contributed by atoms with E-state index in [2.05, 4.69) is 11.9 Å². The Hall–Kier alpha value is -1.30. The van der Waals surface area contributed by atoms with Gasteiger partial charge in [-0.05, 0) is 32.5 Å². The van der Waals surface area contributed by atoms with Crippen molar-refractivity contribution >= 4 is 0 Å². The summed E-state index contributed by atoms with van der Waals surface area (Å²) in [6.45, 7) is 1.91. The number of nitrogens with zero attached hydrogens (tertiary/aromatic N) is 1. The Morgan fingerprint density at radius 3 is 2.95 bits per heavy atom. The first-order valence-corrected chi connectivity index (χ1v) is 7.04. The average molecular weight is 280 g/mol.